The van der Waals surface area contributed by atoms with Crippen LogP contribution in [0.25, 0.3) is 0 Å². The zero-order valence-electron chi connectivity index (χ0n) is 12.3. The Labute approximate surface area is 126 Å². The molecule has 2 rings (SSSR count). The van der Waals surface area contributed by atoms with Crippen molar-refractivity contribution < 1.29 is 4.39 Å². The number of rotatable bonds is 5. The first-order chi connectivity index (χ1) is 9.72. The van der Waals surface area contributed by atoms with E-state index in [4.69, 9.17) is 11.6 Å². The van der Waals surface area contributed by atoms with Gasteiger partial charge in [-0.25, -0.2) is 4.39 Å². The van der Waals surface area contributed by atoms with E-state index >= 15 is 0 Å². The number of hydrogen-bond acceptors (Lipinski definition) is 1. The highest BCUT2D eigenvalue weighted by atomic mass is 35.5. The summed E-state index contributed by atoms with van der Waals surface area (Å²) in [6.07, 6.45) is 8.75. The lowest BCUT2D eigenvalue weighted by Crippen LogP contribution is -2.38. The molecule has 1 aromatic carbocycles. The van der Waals surface area contributed by atoms with Crippen LogP contribution in [0.1, 0.15) is 51.0 Å². The van der Waals surface area contributed by atoms with Gasteiger partial charge in [0.05, 0.1) is 5.02 Å². The predicted molar refractivity (Wildman–Crippen MR) is 83.8 cm³/mol. The molecule has 1 atom stereocenters. The number of likely N-dealkylation sites (N-methyl/N-ethyl adjacent to an activating group) is 1. The van der Waals surface area contributed by atoms with E-state index in [2.05, 4.69) is 12.2 Å². The average molecular weight is 298 g/mol. The first kappa shape index (κ1) is 15.8. The molecule has 0 heterocycles. The SMILES string of the molecule is CCNC(Cc1cccc(F)c1Cl)C1CCCCCC1. The first-order valence-electron chi connectivity index (χ1n) is 7.88. The summed E-state index contributed by atoms with van der Waals surface area (Å²) in [5.74, 6) is 0.386. The van der Waals surface area contributed by atoms with Crippen LogP contribution < -0.4 is 5.32 Å². The van der Waals surface area contributed by atoms with Crippen LogP contribution in [0.3, 0.4) is 0 Å². The van der Waals surface area contributed by atoms with Crippen LogP contribution >= 0.6 is 11.6 Å². The molecule has 0 aromatic heterocycles. The molecule has 1 fully saturated rings. The van der Waals surface area contributed by atoms with Gasteiger partial charge in [-0.05, 0) is 43.4 Å². The lowest BCUT2D eigenvalue weighted by molar-refractivity contribution is 0.321. The molecule has 1 aliphatic rings. The molecule has 20 heavy (non-hydrogen) atoms. The quantitative estimate of drug-likeness (QED) is 0.757. The predicted octanol–water partition coefficient (Wildman–Crippen LogP) is 4.97. The Morgan fingerprint density at radius 2 is 1.95 bits per heavy atom. The van der Waals surface area contributed by atoms with Crippen molar-refractivity contribution in [2.24, 2.45) is 5.92 Å². The van der Waals surface area contributed by atoms with Gasteiger partial charge < -0.3 is 5.32 Å². The Hall–Kier alpha value is -0.600. The minimum Gasteiger partial charge on any atom is -0.314 e. The molecule has 3 heteroatoms. The molecule has 0 aliphatic heterocycles. The highest BCUT2D eigenvalue weighted by Gasteiger charge is 2.23. The molecule has 1 N–H and O–H groups in total. The van der Waals surface area contributed by atoms with Crippen LogP contribution in [-0.4, -0.2) is 12.6 Å². The van der Waals surface area contributed by atoms with Gasteiger partial charge in [-0.2, -0.15) is 0 Å². The third-order valence-electron chi connectivity index (χ3n) is 4.41. The van der Waals surface area contributed by atoms with Crippen molar-refractivity contribution in [3.8, 4) is 0 Å². The molecule has 0 amide bonds. The third-order valence-corrected chi connectivity index (χ3v) is 4.83. The molecule has 1 nitrogen and oxygen atoms in total. The second-order valence-electron chi connectivity index (χ2n) is 5.83. The molecule has 0 spiro atoms. The van der Waals surface area contributed by atoms with E-state index in [0.717, 1.165) is 18.5 Å². The fraction of sp³-hybridized carbons (Fsp3) is 0.647. The first-order valence-corrected chi connectivity index (χ1v) is 8.26. The Morgan fingerprint density at radius 1 is 1.25 bits per heavy atom. The summed E-state index contributed by atoms with van der Waals surface area (Å²) in [7, 11) is 0. The Balaban J connectivity index is 2.09. The number of benzene rings is 1. The molecule has 0 bridgehead atoms. The fourth-order valence-electron chi connectivity index (χ4n) is 3.32. The Bertz CT molecular complexity index is 413. The van der Waals surface area contributed by atoms with Gasteiger partial charge in [-0.3, -0.25) is 0 Å². The van der Waals surface area contributed by atoms with Gasteiger partial charge >= 0.3 is 0 Å². The van der Waals surface area contributed by atoms with Crippen LogP contribution in [0.5, 0.6) is 0 Å². The third kappa shape index (κ3) is 4.20. The maximum Gasteiger partial charge on any atom is 0.142 e. The molecule has 1 saturated carbocycles. The van der Waals surface area contributed by atoms with E-state index in [1.165, 1.54) is 44.6 Å². The Morgan fingerprint density at radius 3 is 2.60 bits per heavy atom. The van der Waals surface area contributed by atoms with Crippen LogP contribution in [0, 0.1) is 11.7 Å². The molecular weight excluding hydrogens is 273 g/mol. The van der Waals surface area contributed by atoms with Crippen molar-refractivity contribution in [2.45, 2.75) is 57.9 Å². The molecule has 1 aromatic rings. The molecule has 1 aliphatic carbocycles. The summed E-state index contributed by atoms with van der Waals surface area (Å²) in [6.45, 7) is 3.09. The standard InChI is InChI=1S/C17H25ClFN/c1-2-20-16(13-8-5-3-4-6-9-13)12-14-10-7-11-15(19)17(14)18/h7,10-11,13,16,20H,2-6,8-9,12H2,1H3. The highest BCUT2D eigenvalue weighted by molar-refractivity contribution is 6.31. The van der Waals surface area contributed by atoms with Gasteiger partial charge in [0.1, 0.15) is 5.82 Å². The minimum atomic E-state index is -0.305. The zero-order valence-corrected chi connectivity index (χ0v) is 13.1. The van der Waals surface area contributed by atoms with Gasteiger partial charge in [0.2, 0.25) is 0 Å². The summed E-state index contributed by atoms with van der Waals surface area (Å²) in [4.78, 5) is 0. The summed E-state index contributed by atoms with van der Waals surface area (Å²) in [5, 5.41) is 3.89. The maximum atomic E-state index is 13.6. The number of hydrogen-bond donors (Lipinski definition) is 1. The summed E-state index contributed by atoms with van der Waals surface area (Å²) < 4.78 is 13.6. The molecule has 0 radical (unpaired) electrons. The van der Waals surface area contributed by atoms with E-state index in [1.807, 2.05) is 6.07 Å². The summed E-state index contributed by atoms with van der Waals surface area (Å²) in [5.41, 5.74) is 0.932. The number of nitrogens with one attached hydrogen (secondary N) is 1. The Kier molecular flexibility index (Phi) is 6.31. The average Bonchev–Trinajstić information content (AvgIpc) is 2.72. The van der Waals surface area contributed by atoms with Crippen molar-refractivity contribution in [3.05, 3.63) is 34.6 Å². The lowest BCUT2D eigenvalue weighted by Gasteiger charge is -2.27. The van der Waals surface area contributed by atoms with Gasteiger partial charge in [-0.15, -0.1) is 0 Å². The van der Waals surface area contributed by atoms with E-state index in [9.17, 15) is 4.39 Å². The second kappa shape index (κ2) is 7.99. The van der Waals surface area contributed by atoms with Crippen molar-refractivity contribution in [1.29, 1.82) is 0 Å². The molecular formula is C17H25ClFN. The van der Waals surface area contributed by atoms with E-state index < -0.39 is 0 Å². The van der Waals surface area contributed by atoms with Crippen LogP contribution in [0.2, 0.25) is 5.02 Å². The summed E-state index contributed by atoms with van der Waals surface area (Å²) in [6, 6.07) is 5.55. The van der Waals surface area contributed by atoms with E-state index in [0.29, 0.717) is 17.0 Å². The smallest absolute Gasteiger partial charge is 0.142 e. The van der Waals surface area contributed by atoms with Gasteiger partial charge in [0, 0.05) is 6.04 Å². The normalized spacial score (nSPS) is 18.8. The van der Waals surface area contributed by atoms with Crippen molar-refractivity contribution >= 4 is 11.6 Å². The van der Waals surface area contributed by atoms with Gasteiger partial charge in [0.15, 0.2) is 0 Å². The van der Waals surface area contributed by atoms with Gasteiger partial charge in [-0.1, -0.05) is 56.3 Å². The second-order valence-corrected chi connectivity index (χ2v) is 6.21. The molecule has 112 valence electrons. The van der Waals surface area contributed by atoms with Crippen LogP contribution in [-0.2, 0) is 6.42 Å². The molecule has 1 unspecified atom stereocenters. The van der Waals surface area contributed by atoms with Crippen molar-refractivity contribution in [3.63, 3.8) is 0 Å². The van der Waals surface area contributed by atoms with Crippen molar-refractivity contribution in [1.82, 2.24) is 5.32 Å². The largest absolute Gasteiger partial charge is 0.314 e. The number of halogens is 2. The van der Waals surface area contributed by atoms with E-state index in [1.54, 1.807) is 6.07 Å². The van der Waals surface area contributed by atoms with Crippen LogP contribution in [0.4, 0.5) is 4.39 Å². The van der Waals surface area contributed by atoms with Gasteiger partial charge in [0.25, 0.3) is 0 Å². The lowest BCUT2D eigenvalue weighted by atomic mass is 9.87. The van der Waals surface area contributed by atoms with E-state index in [-0.39, 0.29) is 5.82 Å². The highest BCUT2D eigenvalue weighted by Crippen LogP contribution is 2.29. The van der Waals surface area contributed by atoms with Crippen molar-refractivity contribution in [2.75, 3.05) is 6.54 Å². The van der Waals surface area contributed by atoms with Crippen LogP contribution in [0.15, 0.2) is 18.2 Å². The monoisotopic (exact) mass is 297 g/mol. The molecule has 0 saturated heterocycles. The zero-order chi connectivity index (χ0) is 14.4. The minimum absolute atomic E-state index is 0.295. The fourth-order valence-corrected chi connectivity index (χ4v) is 3.53. The summed E-state index contributed by atoms with van der Waals surface area (Å²) >= 11 is 6.11. The maximum absolute atomic E-state index is 13.6. The topological polar surface area (TPSA) is 12.0 Å².